The number of aliphatic hydroxyl groups excluding tert-OH is 1. The molecule has 14 nitrogen and oxygen atoms in total. The number of hydrogen-bond donors (Lipinski definition) is 4. The molecular weight excluding hydrogens is 914 g/mol. The summed E-state index contributed by atoms with van der Waals surface area (Å²) in [5.74, 6) is -0.555. The summed E-state index contributed by atoms with van der Waals surface area (Å²) in [4.78, 5) is 63.9. The van der Waals surface area contributed by atoms with Crippen molar-refractivity contribution in [2.24, 2.45) is 22.2 Å². The zero-order valence-corrected chi connectivity index (χ0v) is 42.7. The molecule has 0 radical (unpaired) electrons. The van der Waals surface area contributed by atoms with Crippen LogP contribution in [0.2, 0.25) is 5.02 Å². The number of aryl methyl sites for hydroxylation is 1. The molecule has 4 aromatic rings. The topological polar surface area (TPSA) is 186 Å². The van der Waals surface area contributed by atoms with Crippen molar-refractivity contribution in [1.82, 2.24) is 25.8 Å². The Balaban J connectivity index is 0.850. The van der Waals surface area contributed by atoms with Crippen LogP contribution in [0.5, 0.6) is 5.75 Å². The molecule has 4 atom stereocenters. The second-order valence-corrected chi connectivity index (χ2v) is 22.4. The van der Waals surface area contributed by atoms with Gasteiger partial charge in [0, 0.05) is 60.2 Å². The van der Waals surface area contributed by atoms with Gasteiger partial charge in [0.05, 0.1) is 45.4 Å². The summed E-state index contributed by atoms with van der Waals surface area (Å²) >= 11 is 7.84. The molecule has 16 heteroatoms. The van der Waals surface area contributed by atoms with Gasteiger partial charge in [-0.1, -0.05) is 84.3 Å². The van der Waals surface area contributed by atoms with Gasteiger partial charge in [0.15, 0.2) is 0 Å². The van der Waals surface area contributed by atoms with Crippen molar-refractivity contribution in [3.63, 3.8) is 0 Å². The van der Waals surface area contributed by atoms with Crippen LogP contribution in [0, 0.1) is 40.4 Å². The number of rotatable bonds is 15. The predicted octanol–water partition coefficient (Wildman–Crippen LogP) is 7.86. The second-order valence-electron chi connectivity index (χ2n) is 21.2. The van der Waals surface area contributed by atoms with E-state index in [0.717, 1.165) is 53.3 Å². The average Bonchev–Trinajstić information content (AvgIpc) is 3.93. The third-order valence-corrected chi connectivity index (χ3v) is 15.5. The van der Waals surface area contributed by atoms with Crippen LogP contribution < -0.4 is 25.6 Å². The van der Waals surface area contributed by atoms with Gasteiger partial charge in [-0.3, -0.25) is 19.2 Å². The molecule has 1 saturated carbocycles. The largest absolute Gasteiger partial charge is 0.489 e. The molecule has 1 aliphatic carbocycles. The zero-order valence-electron chi connectivity index (χ0n) is 41.1. The fourth-order valence-electron chi connectivity index (χ4n) is 10.5. The Morgan fingerprint density at radius 1 is 0.986 bits per heavy atom. The quantitative estimate of drug-likeness (QED) is 0.0914. The number of carbonyl (C=O) groups excluding carboxylic acids is 4. The number of anilines is 1. The summed E-state index contributed by atoms with van der Waals surface area (Å²) in [6.45, 7) is 19.5. The summed E-state index contributed by atoms with van der Waals surface area (Å²) < 4.78 is 12.3. The van der Waals surface area contributed by atoms with E-state index < -0.39 is 35.4 Å². The molecule has 2 unspecified atom stereocenters. The van der Waals surface area contributed by atoms with E-state index >= 15 is 0 Å². The van der Waals surface area contributed by atoms with Gasteiger partial charge >= 0.3 is 0 Å². The number of carbonyl (C=O) groups is 4. The van der Waals surface area contributed by atoms with Gasteiger partial charge in [0.1, 0.15) is 36.6 Å². The number of hydrogen-bond acceptors (Lipinski definition) is 11. The highest BCUT2D eigenvalue weighted by molar-refractivity contribution is 7.13. The molecule has 2 saturated heterocycles. The van der Waals surface area contributed by atoms with E-state index in [2.05, 4.69) is 59.6 Å². The lowest BCUT2D eigenvalue weighted by Crippen LogP contribution is -2.74. The molecule has 0 bridgehead atoms. The minimum absolute atomic E-state index is 0.0141. The number of amides is 4. The van der Waals surface area contributed by atoms with Gasteiger partial charge in [-0.25, -0.2) is 4.98 Å². The first-order valence-electron chi connectivity index (χ1n) is 23.8. The van der Waals surface area contributed by atoms with Gasteiger partial charge in [0.2, 0.25) is 17.7 Å². The first-order chi connectivity index (χ1) is 32.6. The van der Waals surface area contributed by atoms with Gasteiger partial charge in [-0.15, -0.1) is 11.3 Å². The van der Waals surface area contributed by atoms with Crippen LogP contribution in [0.15, 0.2) is 72.2 Å². The van der Waals surface area contributed by atoms with Crippen molar-refractivity contribution in [1.29, 1.82) is 5.26 Å². The molecule has 1 aromatic heterocycles. The minimum Gasteiger partial charge on any atom is -0.489 e. The number of halogens is 1. The van der Waals surface area contributed by atoms with Crippen LogP contribution in [0.25, 0.3) is 10.4 Å². The van der Waals surface area contributed by atoms with E-state index in [0.29, 0.717) is 28.5 Å². The Kier molecular flexibility index (Phi) is 15.5. The SMILES string of the molecule is Cc1ncsc1-c1ccc(C(C)NC(=O)[C@@H]2C[C@@H](O)CN2C(=O)C(NC(=O)COCC2CCN(c3ccc(C(=O)NC4C(C)(C)C(Oc5ccc(C#N)c(Cl)c5)C4(C)C)cc3)CC2)C(C)(C)C)cc1. The Labute approximate surface area is 415 Å². The summed E-state index contributed by atoms with van der Waals surface area (Å²) in [5, 5.41) is 29.4. The van der Waals surface area contributed by atoms with Crippen molar-refractivity contribution in [2.75, 3.05) is 37.7 Å². The summed E-state index contributed by atoms with van der Waals surface area (Å²) in [7, 11) is 0. The van der Waals surface area contributed by atoms with Crippen molar-refractivity contribution < 1.29 is 33.8 Å². The third kappa shape index (κ3) is 11.4. The molecule has 3 heterocycles. The number of ether oxygens (including phenoxy) is 2. The zero-order chi connectivity index (χ0) is 50.0. The Morgan fingerprint density at radius 3 is 2.25 bits per heavy atom. The summed E-state index contributed by atoms with van der Waals surface area (Å²) in [6.07, 6.45) is 0.722. The molecule has 3 aliphatic rings. The number of aliphatic hydroxyl groups is 1. The van der Waals surface area contributed by atoms with E-state index in [-0.39, 0.29) is 66.3 Å². The molecule has 69 heavy (non-hydrogen) atoms. The minimum atomic E-state index is -0.958. The normalized spacial score (nSPS) is 21.9. The lowest BCUT2D eigenvalue weighted by atomic mass is 9.49. The number of nitriles is 1. The van der Waals surface area contributed by atoms with Crippen molar-refractivity contribution >= 4 is 52.3 Å². The average molecular weight is 981 g/mol. The number of β-amino-alcohol motifs (C(OH)–C–C–N with tert-alkyl or cyclic N) is 1. The lowest BCUT2D eigenvalue weighted by Gasteiger charge is -2.63. The summed E-state index contributed by atoms with van der Waals surface area (Å²) in [5.41, 5.74) is 5.25. The first-order valence-corrected chi connectivity index (χ1v) is 25.0. The number of piperidine rings is 1. The standard InChI is InChI=1S/C53H66ClN7O7S/c1-31(34-10-12-35(13-11-34)44-32(2)56-30-69-44)57-47(65)42-24-39(62)27-61(42)48(66)45(51(3,4)5)58-43(63)29-67-28-33-20-22-60(23-21-33)38-17-14-36(15-18-38)46(64)59-49-52(6,7)50(53(49,8)9)68-40-19-16-37(26-55)41(54)25-40/h10-19,25,30-31,33,39,42,45,49-50,62H,20-24,27-29H2,1-9H3,(H,57,65)(H,58,63)(H,59,64)/t31?,39-,42+,45?,49?,50?/m1/s1. The molecule has 7 rings (SSSR count). The first kappa shape index (κ1) is 51.3. The number of nitrogens with one attached hydrogen (secondary N) is 3. The van der Waals surface area contributed by atoms with Crippen LogP contribution in [-0.2, 0) is 19.1 Å². The highest BCUT2D eigenvalue weighted by atomic mass is 35.5. The van der Waals surface area contributed by atoms with Crippen LogP contribution in [-0.4, -0.2) is 102 Å². The van der Waals surface area contributed by atoms with Crippen LogP contribution in [0.3, 0.4) is 0 Å². The highest BCUT2D eigenvalue weighted by Gasteiger charge is 2.64. The molecule has 3 aromatic carbocycles. The highest BCUT2D eigenvalue weighted by Crippen LogP contribution is 2.55. The van der Waals surface area contributed by atoms with E-state index in [1.807, 2.05) is 88.7 Å². The number of nitrogens with zero attached hydrogens (tertiary/aromatic N) is 4. The lowest BCUT2D eigenvalue weighted by molar-refractivity contribution is -0.164. The molecule has 4 N–H and O–H groups in total. The van der Waals surface area contributed by atoms with Gasteiger partial charge in [0.25, 0.3) is 5.91 Å². The van der Waals surface area contributed by atoms with Crippen molar-refractivity contribution in [3.05, 3.63) is 99.6 Å². The maximum absolute atomic E-state index is 14.2. The predicted molar refractivity (Wildman–Crippen MR) is 268 cm³/mol. The van der Waals surface area contributed by atoms with Crippen LogP contribution >= 0.6 is 22.9 Å². The number of likely N-dealkylation sites (tertiary alicyclic amines) is 1. The van der Waals surface area contributed by atoms with Crippen molar-refractivity contribution in [3.8, 4) is 22.3 Å². The molecule has 4 amide bonds. The van der Waals surface area contributed by atoms with Crippen LogP contribution in [0.4, 0.5) is 5.69 Å². The maximum atomic E-state index is 14.2. The molecule has 2 aliphatic heterocycles. The monoisotopic (exact) mass is 979 g/mol. The second kappa shape index (κ2) is 20.8. The van der Waals surface area contributed by atoms with Crippen LogP contribution in [0.1, 0.15) is 108 Å². The van der Waals surface area contributed by atoms with E-state index in [4.69, 9.17) is 21.1 Å². The number of thiazole rings is 1. The Bertz CT molecular complexity index is 2530. The number of aromatic nitrogens is 1. The Hall–Kier alpha value is -5.53. The van der Waals surface area contributed by atoms with E-state index in [1.54, 1.807) is 29.5 Å². The Morgan fingerprint density at radius 2 is 1.65 bits per heavy atom. The fraction of sp³-hybridized carbons (Fsp3) is 0.509. The van der Waals surface area contributed by atoms with Gasteiger partial charge in [-0.2, -0.15) is 5.26 Å². The molecular formula is C53H66ClN7O7S. The van der Waals surface area contributed by atoms with E-state index in [1.165, 1.54) is 4.90 Å². The van der Waals surface area contributed by atoms with Gasteiger partial charge < -0.3 is 40.3 Å². The molecule has 3 fully saturated rings. The molecule has 0 spiro atoms. The summed E-state index contributed by atoms with van der Waals surface area (Å²) in [6, 6.07) is 20.4. The molecule has 368 valence electrons. The smallest absolute Gasteiger partial charge is 0.251 e. The van der Waals surface area contributed by atoms with E-state index in [9.17, 15) is 29.5 Å². The number of benzene rings is 3. The third-order valence-electron chi connectivity index (χ3n) is 14.2. The fourth-order valence-corrected chi connectivity index (χ4v) is 11.6. The maximum Gasteiger partial charge on any atom is 0.251 e. The van der Waals surface area contributed by atoms with Crippen molar-refractivity contribution in [2.45, 2.75) is 118 Å². The van der Waals surface area contributed by atoms with Gasteiger partial charge in [-0.05, 0) is 85.5 Å².